The lowest BCUT2D eigenvalue weighted by atomic mass is 10.0. The summed E-state index contributed by atoms with van der Waals surface area (Å²) in [4.78, 5) is 38.7. The number of hydrogen-bond donors (Lipinski definition) is 4. The zero-order valence-corrected chi connectivity index (χ0v) is 15.4. The van der Waals surface area contributed by atoms with E-state index in [0.29, 0.717) is 18.4 Å². The van der Waals surface area contributed by atoms with Gasteiger partial charge in [-0.05, 0) is 30.5 Å². The van der Waals surface area contributed by atoms with Crippen molar-refractivity contribution < 1.29 is 19.5 Å². The molecule has 0 aliphatic rings. The third kappa shape index (κ3) is 7.86. The molecule has 0 fully saturated rings. The Morgan fingerprint density at radius 3 is 2.43 bits per heavy atom. The SMILES string of the molecule is O=C(O)CCC(Cc1ccccc1)NC(=O)NCCNC(=O)c1cccnc1. The van der Waals surface area contributed by atoms with E-state index >= 15 is 0 Å². The minimum atomic E-state index is -0.904. The molecule has 28 heavy (non-hydrogen) atoms. The molecule has 2 aromatic rings. The number of aromatic nitrogens is 1. The van der Waals surface area contributed by atoms with Crippen LogP contribution in [-0.2, 0) is 11.2 Å². The number of aliphatic carboxylic acids is 1. The summed E-state index contributed by atoms with van der Waals surface area (Å²) in [6.45, 7) is 0.508. The van der Waals surface area contributed by atoms with Gasteiger partial charge in [-0.3, -0.25) is 14.6 Å². The van der Waals surface area contributed by atoms with E-state index in [2.05, 4.69) is 20.9 Å². The lowest BCUT2D eigenvalue weighted by Crippen LogP contribution is -2.45. The normalized spacial score (nSPS) is 11.3. The number of carbonyl (C=O) groups excluding carboxylic acids is 2. The molecule has 148 valence electrons. The number of urea groups is 1. The average molecular weight is 384 g/mol. The number of carbonyl (C=O) groups is 3. The second-order valence-electron chi connectivity index (χ2n) is 6.22. The Hall–Kier alpha value is -3.42. The molecular weight excluding hydrogens is 360 g/mol. The molecule has 1 atom stereocenters. The van der Waals surface area contributed by atoms with E-state index in [1.165, 1.54) is 6.20 Å². The third-order valence-electron chi connectivity index (χ3n) is 3.99. The molecule has 1 heterocycles. The number of rotatable bonds is 10. The van der Waals surface area contributed by atoms with Gasteiger partial charge in [0.25, 0.3) is 5.91 Å². The van der Waals surface area contributed by atoms with Gasteiger partial charge in [0, 0.05) is 37.9 Å². The summed E-state index contributed by atoms with van der Waals surface area (Å²) in [5.74, 6) is -1.17. The molecule has 1 aromatic carbocycles. The standard InChI is InChI=1S/C20H24N4O4/c25-18(26)9-8-17(13-15-5-2-1-3-6-15)24-20(28)23-12-11-22-19(27)16-7-4-10-21-14-16/h1-7,10,14,17H,8-9,11-13H2,(H,22,27)(H,25,26)(H2,23,24,28). The van der Waals surface area contributed by atoms with Crippen LogP contribution < -0.4 is 16.0 Å². The van der Waals surface area contributed by atoms with Gasteiger partial charge in [0.1, 0.15) is 0 Å². The lowest BCUT2D eigenvalue weighted by Gasteiger charge is -2.19. The number of amides is 3. The molecule has 0 saturated heterocycles. The smallest absolute Gasteiger partial charge is 0.315 e. The quantitative estimate of drug-likeness (QED) is 0.464. The minimum absolute atomic E-state index is 0.0288. The van der Waals surface area contributed by atoms with Crippen molar-refractivity contribution in [3.05, 3.63) is 66.0 Å². The number of carboxylic acids is 1. The Labute approximate surface area is 163 Å². The molecule has 8 nitrogen and oxygen atoms in total. The molecule has 4 N–H and O–H groups in total. The largest absolute Gasteiger partial charge is 0.481 e. The van der Waals surface area contributed by atoms with Gasteiger partial charge in [0.2, 0.25) is 0 Å². The summed E-state index contributed by atoms with van der Waals surface area (Å²) in [5, 5.41) is 17.1. The fourth-order valence-electron chi connectivity index (χ4n) is 2.61. The number of nitrogens with zero attached hydrogens (tertiary/aromatic N) is 1. The van der Waals surface area contributed by atoms with Crippen molar-refractivity contribution >= 4 is 17.9 Å². The van der Waals surface area contributed by atoms with Crippen LogP contribution in [0.4, 0.5) is 4.79 Å². The van der Waals surface area contributed by atoms with Gasteiger partial charge in [0.15, 0.2) is 0 Å². The Bertz CT molecular complexity index is 768. The summed E-state index contributed by atoms with van der Waals surface area (Å²) in [7, 11) is 0. The van der Waals surface area contributed by atoms with Gasteiger partial charge in [-0.2, -0.15) is 0 Å². The third-order valence-corrected chi connectivity index (χ3v) is 3.99. The van der Waals surface area contributed by atoms with E-state index in [0.717, 1.165) is 5.56 Å². The van der Waals surface area contributed by atoms with Crippen LogP contribution in [0.15, 0.2) is 54.9 Å². The van der Waals surface area contributed by atoms with Crippen LogP contribution in [-0.4, -0.2) is 47.1 Å². The number of benzene rings is 1. The number of nitrogens with one attached hydrogen (secondary N) is 3. The number of hydrogen-bond acceptors (Lipinski definition) is 4. The first-order valence-electron chi connectivity index (χ1n) is 9.03. The Morgan fingerprint density at radius 1 is 1.00 bits per heavy atom. The van der Waals surface area contributed by atoms with Gasteiger partial charge < -0.3 is 21.1 Å². The highest BCUT2D eigenvalue weighted by Gasteiger charge is 2.14. The van der Waals surface area contributed by atoms with Crippen LogP contribution in [0.2, 0.25) is 0 Å². The number of carboxylic acid groups (broad SMARTS) is 1. The van der Waals surface area contributed by atoms with Crippen molar-refractivity contribution in [3.63, 3.8) is 0 Å². The molecule has 0 aliphatic carbocycles. The van der Waals surface area contributed by atoms with Crippen LogP contribution >= 0.6 is 0 Å². The van der Waals surface area contributed by atoms with E-state index in [-0.39, 0.29) is 31.5 Å². The summed E-state index contributed by atoms with van der Waals surface area (Å²) in [6.07, 6.45) is 3.89. The highest BCUT2D eigenvalue weighted by atomic mass is 16.4. The van der Waals surface area contributed by atoms with Gasteiger partial charge in [0.05, 0.1) is 5.56 Å². The first-order chi connectivity index (χ1) is 13.5. The van der Waals surface area contributed by atoms with Crippen molar-refractivity contribution in [2.45, 2.75) is 25.3 Å². The first-order valence-corrected chi connectivity index (χ1v) is 9.03. The molecular formula is C20H24N4O4. The predicted octanol–water partition coefficient (Wildman–Crippen LogP) is 1.59. The second-order valence-corrected chi connectivity index (χ2v) is 6.22. The summed E-state index contributed by atoms with van der Waals surface area (Å²) >= 11 is 0. The van der Waals surface area contributed by atoms with Crippen LogP contribution in [0.1, 0.15) is 28.8 Å². The lowest BCUT2D eigenvalue weighted by molar-refractivity contribution is -0.137. The van der Waals surface area contributed by atoms with Crippen molar-refractivity contribution in [2.24, 2.45) is 0 Å². The van der Waals surface area contributed by atoms with E-state index in [9.17, 15) is 14.4 Å². The minimum Gasteiger partial charge on any atom is -0.481 e. The Balaban J connectivity index is 1.75. The van der Waals surface area contributed by atoms with Crippen molar-refractivity contribution in [1.29, 1.82) is 0 Å². The fraction of sp³-hybridized carbons (Fsp3) is 0.300. The molecule has 0 saturated carbocycles. The van der Waals surface area contributed by atoms with Crippen molar-refractivity contribution in [3.8, 4) is 0 Å². The molecule has 2 rings (SSSR count). The van der Waals surface area contributed by atoms with Gasteiger partial charge in [-0.15, -0.1) is 0 Å². The molecule has 3 amide bonds. The van der Waals surface area contributed by atoms with E-state index in [4.69, 9.17) is 5.11 Å². The van der Waals surface area contributed by atoms with E-state index in [1.807, 2.05) is 30.3 Å². The highest BCUT2D eigenvalue weighted by Crippen LogP contribution is 2.08. The van der Waals surface area contributed by atoms with E-state index in [1.54, 1.807) is 18.3 Å². The highest BCUT2D eigenvalue weighted by molar-refractivity contribution is 5.93. The predicted molar refractivity (Wildman–Crippen MR) is 104 cm³/mol. The van der Waals surface area contributed by atoms with Gasteiger partial charge in [-0.25, -0.2) is 4.79 Å². The maximum Gasteiger partial charge on any atom is 0.315 e. The summed E-state index contributed by atoms with van der Waals surface area (Å²) in [5.41, 5.74) is 1.46. The molecule has 1 aromatic heterocycles. The maximum absolute atomic E-state index is 12.1. The Kier molecular flexibility index (Phi) is 8.45. The molecule has 0 aliphatic heterocycles. The molecule has 0 radical (unpaired) electrons. The molecule has 8 heteroatoms. The van der Waals surface area contributed by atoms with Crippen molar-refractivity contribution in [1.82, 2.24) is 20.9 Å². The Morgan fingerprint density at radius 2 is 1.75 bits per heavy atom. The van der Waals surface area contributed by atoms with Crippen LogP contribution in [0, 0.1) is 0 Å². The molecule has 1 unspecified atom stereocenters. The fourth-order valence-corrected chi connectivity index (χ4v) is 2.61. The second kappa shape index (κ2) is 11.3. The van der Waals surface area contributed by atoms with E-state index < -0.39 is 12.0 Å². The van der Waals surface area contributed by atoms with Crippen molar-refractivity contribution in [2.75, 3.05) is 13.1 Å². The maximum atomic E-state index is 12.1. The van der Waals surface area contributed by atoms with Gasteiger partial charge >= 0.3 is 12.0 Å². The van der Waals surface area contributed by atoms with Crippen LogP contribution in [0.3, 0.4) is 0 Å². The average Bonchev–Trinajstić information content (AvgIpc) is 2.70. The molecule has 0 bridgehead atoms. The zero-order chi connectivity index (χ0) is 20.2. The van der Waals surface area contributed by atoms with Crippen LogP contribution in [0.5, 0.6) is 0 Å². The number of pyridine rings is 1. The topological polar surface area (TPSA) is 120 Å². The molecule has 0 spiro atoms. The van der Waals surface area contributed by atoms with Crippen LogP contribution in [0.25, 0.3) is 0 Å². The first kappa shape index (κ1) is 20.9. The monoisotopic (exact) mass is 384 g/mol. The summed E-state index contributed by atoms with van der Waals surface area (Å²) in [6, 6.07) is 12.2. The summed E-state index contributed by atoms with van der Waals surface area (Å²) < 4.78 is 0. The zero-order valence-electron chi connectivity index (χ0n) is 15.4. The van der Waals surface area contributed by atoms with Gasteiger partial charge in [-0.1, -0.05) is 30.3 Å².